The third kappa shape index (κ3) is 10.2. The van der Waals surface area contributed by atoms with Crippen LogP contribution in [0.1, 0.15) is 62.5 Å². The van der Waals surface area contributed by atoms with Crippen LogP contribution < -0.4 is 0 Å². The summed E-state index contributed by atoms with van der Waals surface area (Å²) in [5.41, 5.74) is 2.43. The summed E-state index contributed by atoms with van der Waals surface area (Å²) in [6.45, 7) is 1.71. The normalized spacial score (nSPS) is 11.0. The van der Waals surface area contributed by atoms with Crippen molar-refractivity contribution in [1.29, 1.82) is 0 Å². The van der Waals surface area contributed by atoms with Gasteiger partial charge in [0.25, 0.3) is 0 Å². The molecule has 0 unspecified atom stereocenters. The molecule has 148 valence electrons. The topological polar surface area (TPSA) is 9.23 Å². The number of hydrogen-bond donors (Lipinski definition) is 0. The summed E-state index contributed by atoms with van der Waals surface area (Å²) in [6.07, 6.45) is 11.4. The van der Waals surface area contributed by atoms with Gasteiger partial charge in [-0.2, -0.15) is 0 Å². The van der Waals surface area contributed by atoms with Crippen LogP contribution in [0.5, 0.6) is 0 Å². The van der Waals surface area contributed by atoms with Crippen molar-refractivity contribution in [3.63, 3.8) is 0 Å². The average molecular weight is 375 g/mol. The third-order valence-corrected chi connectivity index (χ3v) is 4.83. The van der Waals surface area contributed by atoms with Gasteiger partial charge < -0.3 is 4.74 Å². The maximum absolute atomic E-state index is 12.8. The van der Waals surface area contributed by atoms with Crippen molar-refractivity contribution in [3.8, 4) is 0 Å². The number of rotatable bonds is 14. The van der Waals surface area contributed by atoms with Crippen LogP contribution in [0.3, 0.4) is 0 Å². The molecule has 0 atom stereocenters. The number of hydrogen-bond acceptors (Lipinski definition) is 1. The van der Waals surface area contributed by atoms with E-state index >= 15 is 0 Å². The first-order valence-electron chi connectivity index (χ1n) is 10.3. The number of benzene rings is 2. The number of unbranched alkanes of at least 4 members (excludes halogenated alkanes) is 6. The van der Waals surface area contributed by atoms with Gasteiger partial charge in [0.05, 0.1) is 0 Å². The Bertz CT molecular complexity index is 552. The van der Waals surface area contributed by atoms with E-state index in [2.05, 4.69) is 0 Å². The van der Waals surface area contributed by atoms with Crippen LogP contribution in [-0.4, -0.2) is 13.2 Å². The summed E-state index contributed by atoms with van der Waals surface area (Å²) in [6, 6.07) is 13.6. The Kier molecular flexibility index (Phi) is 10.7. The van der Waals surface area contributed by atoms with Crippen molar-refractivity contribution in [2.75, 3.05) is 13.2 Å². The second-order valence-electron chi connectivity index (χ2n) is 7.19. The standard InChI is InChI=1S/C24H32F2O/c25-23-15-11-21(12-16-23)9-5-1-3-7-19-27-20-8-4-2-6-10-22-13-17-24(26)18-14-22/h11-18H,1-10,19-20H2. The van der Waals surface area contributed by atoms with Crippen LogP contribution in [-0.2, 0) is 17.6 Å². The van der Waals surface area contributed by atoms with Gasteiger partial charge in [-0.1, -0.05) is 49.9 Å². The predicted octanol–water partition coefficient (Wildman–Crippen LogP) is 6.89. The lowest BCUT2D eigenvalue weighted by molar-refractivity contribution is 0.125. The lowest BCUT2D eigenvalue weighted by Gasteiger charge is -2.05. The van der Waals surface area contributed by atoms with Gasteiger partial charge in [0.1, 0.15) is 11.6 Å². The van der Waals surface area contributed by atoms with Crippen molar-refractivity contribution in [3.05, 3.63) is 71.3 Å². The fourth-order valence-corrected chi connectivity index (χ4v) is 3.18. The molecule has 0 saturated carbocycles. The lowest BCUT2D eigenvalue weighted by Crippen LogP contribution is -1.97. The van der Waals surface area contributed by atoms with Crippen molar-refractivity contribution in [2.45, 2.75) is 64.2 Å². The summed E-state index contributed by atoms with van der Waals surface area (Å²) >= 11 is 0. The molecule has 2 aromatic carbocycles. The van der Waals surface area contributed by atoms with Gasteiger partial charge in [0.2, 0.25) is 0 Å². The second-order valence-corrected chi connectivity index (χ2v) is 7.19. The maximum atomic E-state index is 12.8. The van der Waals surface area contributed by atoms with Gasteiger partial charge in [0.15, 0.2) is 0 Å². The number of ether oxygens (including phenoxy) is 1. The fraction of sp³-hybridized carbons (Fsp3) is 0.500. The number of halogens is 2. The van der Waals surface area contributed by atoms with E-state index in [1.165, 1.54) is 61.1 Å². The molecule has 0 bridgehead atoms. The van der Waals surface area contributed by atoms with E-state index in [0.29, 0.717) is 0 Å². The highest BCUT2D eigenvalue weighted by Gasteiger charge is 1.97. The van der Waals surface area contributed by atoms with Gasteiger partial charge >= 0.3 is 0 Å². The van der Waals surface area contributed by atoms with Crippen LogP contribution in [0.4, 0.5) is 8.78 Å². The largest absolute Gasteiger partial charge is 0.381 e. The Hall–Kier alpha value is -1.74. The first-order valence-corrected chi connectivity index (χ1v) is 10.3. The molecule has 27 heavy (non-hydrogen) atoms. The Balaban J connectivity index is 1.32. The molecule has 0 fully saturated rings. The molecule has 0 aliphatic carbocycles. The first-order chi connectivity index (χ1) is 13.2. The minimum Gasteiger partial charge on any atom is -0.381 e. The summed E-state index contributed by atoms with van der Waals surface area (Å²) in [5, 5.41) is 0. The Morgan fingerprint density at radius 1 is 0.481 bits per heavy atom. The molecule has 0 aliphatic rings. The zero-order valence-electron chi connectivity index (χ0n) is 16.3. The predicted molar refractivity (Wildman–Crippen MR) is 108 cm³/mol. The molecule has 1 nitrogen and oxygen atoms in total. The highest BCUT2D eigenvalue weighted by atomic mass is 19.1. The molecular formula is C24H32F2O. The van der Waals surface area contributed by atoms with E-state index in [0.717, 1.165) is 51.7 Å². The summed E-state index contributed by atoms with van der Waals surface area (Å²) < 4.78 is 31.3. The molecule has 2 aromatic rings. The minimum atomic E-state index is -0.163. The fourth-order valence-electron chi connectivity index (χ4n) is 3.18. The van der Waals surface area contributed by atoms with Crippen LogP contribution >= 0.6 is 0 Å². The molecule has 0 aromatic heterocycles. The van der Waals surface area contributed by atoms with Gasteiger partial charge in [-0.05, 0) is 73.9 Å². The minimum absolute atomic E-state index is 0.163. The van der Waals surface area contributed by atoms with Crippen molar-refractivity contribution < 1.29 is 13.5 Å². The number of aryl methyl sites for hydroxylation is 2. The molecule has 2 rings (SSSR count). The van der Waals surface area contributed by atoms with E-state index < -0.39 is 0 Å². The van der Waals surface area contributed by atoms with Crippen molar-refractivity contribution in [1.82, 2.24) is 0 Å². The summed E-state index contributed by atoms with van der Waals surface area (Å²) in [5.74, 6) is -0.326. The van der Waals surface area contributed by atoms with E-state index in [9.17, 15) is 8.78 Å². The van der Waals surface area contributed by atoms with Crippen molar-refractivity contribution in [2.24, 2.45) is 0 Å². The molecule has 0 spiro atoms. The summed E-state index contributed by atoms with van der Waals surface area (Å²) in [4.78, 5) is 0. The van der Waals surface area contributed by atoms with Crippen molar-refractivity contribution >= 4 is 0 Å². The van der Waals surface area contributed by atoms with Crippen LogP contribution in [0.15, 0.2) is 48.5 Å². The van der Waals surface area contributed by atoms with Gasteiger partial charge in [0, 0.05) is 13.2 Å². The molecule has 0 aliphatic heterocycles. The molecular weight excluding hydrogens is 342 g/mol. The third-order valence-electron chi connectivity index (χ3n) is 4.83. The Morgan fingerprint density at radius 3 is 1.26 bits per heavy atom. The zero-order valence-corrected chi connectivity index (χ0v) is 16.3. The van der Waals surface area contributed by atoms with Crippen LogP contribution in [0.25, 0.3) is 0 Å². The van der Waals surface area contributed by atoms with E-state index in [1.807, 2.05) is 24.3 Å². The first kappa shape index (κ1) is 21.6. The SMILES string of the molecule is Fc1ccc(CCCCCCOCCCCCCc2ccc(F)cc2)cc1. The lowest BCUT2D eigenvalue weighted by atomic mass is 10.1. The van der Waals surface area contributed by atoms with Gasteiger partial charge in [-0.3, -0.25) is 0 Å². The van der Waals surface area contributed by atoms with Gasteiger partial charge in [-0.25, -0.2) is 8.78 Å². The van der Waals surface area contributed by atoms with E-state index in [-0.39, 0.29) is 11.6 Å². The molecule has 0 N–H and O–H groups in total. The molecule has 0 radical (unpaired) electrons. The highest BCUT2D eigenvalue weighted by molar-refractivity contribution is 5.16. The zero-order chi connectivity index (χ0) is 19.2. The Labute approximate surface area is 162 Å². The van der Waals surface area contributed by atoms with E-state index in [1.54, 1.807) is 0 Å². The second kappa shape index (κ2) is 13.4. The van der Waals surface area contributed by atoms with Gasteiger partial charge in [-0.15, -0.1) is 0 Å². The molecule has 3 heteroatoms. The highest BCUT2D eigenvalue weighted by Crippen LogP contribution is 2.11. The smallest absolute Gasteiger partial charge is 0.123 e. The van der Waals surface area contributed by atoms with E-state index in [4.69, 9.17) is 4.74 Å². The van der Waals surface area contributed by atoms with Crippen LogP contribution in [0, 0.1) is 11.6 Å². The Morgan fingerprint density at radius 2 is 0.852 bits per heavy atom. The molecule has 0 saturated heterocycles. The average Bonchev–Trinajstić information content (AvgIpc) is 2.68. The molecule has 0 heterocycles. The summed E-state index contributed by atoms with van der Waals surface area (Å²) in [7, 11) is 0. The molecule has 0 amide bonds. The maximum Gasteiger partial charge on any atom is 0.123 e. The van der Waals surface area contributed by atoms with Crippen LogP contribution in [0.2, 0.25) is 0 Å². The monoisotopic (exact) mass is 374 g/mol. The quantitative estimate of drug-likeness (QED) is 0.327.